The molecule has 0 radical (unpaired) electrons. The van der Waals surface area contributed by atoms with Gasteiger partial charge in [-0.3, -0.25) is 0 Å². The zero-order valence-electron chi connectivity index (χ0n) is 54.5. The summed E-state index contributed by atoms with van der Waals surface area (Å²) >= 11 is 13.5. The van der Waals surface area contributed by atoms with E-state index in [9.17, 15) is 0 Å². The van der Waals surface area contributed by atoms with Crippen molar-refractivity contribution in [1.82, 2.24) is 9.13 Å². The first-order chi connectivity index (χ1) is 44.1. The standard InChI is InChI=1S/C47H49B2NO4.C35H25Cl2N/c1-11-28(2)29-20-22-41-38(24-29)47(36-18-14-12-16-32(36)33-17-13-15-19-37(33)47)39-27-31(49-53-45(7,8)46(9,10)54-49)26-35-34-25-30(21-23-40(34)50(41)42(35)39)48-51-43(3,4)44(5,6)52-48;1-3-20(2)21-12-14-33-30(16-21)35(28-10-6-4-8-24(28)25-9-5-7-11-29(25)35)31-19-23(37)18-27-26-17-22(36)13-15-32(26)38(33)34(27)31/h12-28H,11H2,1-10H3;4-20H,3H2,1-2H3. The molecular formula is C82H74B2Cl2N2O4. The minimum absolute atomic E-state index is 0.417. The second kappa shape index (κ2) is 19.9. The van der Waals surface area contributed by atoms with E-state index in [-0.39, 0.29) is 0 Å². The van der Waals surface area contributed by atoms with E-state index in [2.05, 4.69) is 280 Å². The minimum atomic E-state index is -0.567. The summed E-state index contributed by atoms with van der Waals surface area (Å²) in [7, 11) is -1.00. The third-order valence-corrected chi connectivity index (χ3v) is 23.6. The van der Waals surface area contributed by atoms with Crippen LogP contribution in [0.2, 0.25) is 10.0 Å². The molecule has 2 saturated heterocycles. The summed E-state index contributed by atoms with van der Waals surface area (Å²) in [6.07, 6.45) is 2.16. The molecule has 0 amide bonds. The van der Waals surface area contributed by atoms with Crippen LogP contribution < -0.4 is 10.9 Å². The summed E-state index contributed by atoms with van der Waals surface area (Å²) in [5.74, 6) is 0.880. The predicted octanol–water partition coefficient (Wildman–Crippen LogP) is 19.9. The molecule has 10 aromatic carbocycles. The molecule has 0 bridgehead atoms. The Bertz CT molecular complexity index is 5040. The fourth-order valence-electron chi connectivity index (χ4n) is 16.7. The molecule has 4 aliphatic heterocycles. The van der Waals surface area contributed by atoms with E-state index >= 15 is 0 Å². The Morgan fingerprint density at radius 3 is 1.17 bits per heavy atom. The first-order valence-electron chi connectivity index (χ1n) is 33.1. The van der Waals surface area contributed by atoms with Gasteiger partial charge in [0.05, 0.1) is 66.7 Å². The lowest BCUT2D eigenvalue weighted by molar-refractivity contribution is 0.00578. The molecule has 12 aromatic rings. The summed E-state index contributed by atoms with van der Waals surface area (Å²) in [6, 6.07) is 72.4. The van der Waals surface area contributed by atoms with Gasteiger partial charge >= 0.3 is 14.2 Å². The number of hydrogen-bond donors (Lipinski definition) is 0. The average molecular weight is 1240 g/mol. The van der Waals surface area contributed by atoms with E-state index in [1.165, 1.54) is 106 Å². The molecule has 0 N–H and O–H groups in total. The number of benzene rings is 10. The lowest BCUT2D eigenvalue weighted by Gasteiger charge is -2.40. The van der Waals surface area contributed by atoms with Crippen LogP contribution in [-0.4, -0.2) is 45.8 Å². The van der Waals surface area contributed by atoms with Crippen molar-refractivity contribution in [3.63, 3.8) is 0 Å². The molecule has 2 aromatic heterocycles. The molecule has 92 heavy (non-hydrogen) atoms. The Balaban J connectivity index is 0.000000149. The van der Waals surface area contributed by atoms with Crippen molar-refractivity contribution in [3.8, 4) is 33.6 Å². The molecule has 2 fully saturated rings. The summed E-state index contributed by atoms with van der Waals surface area (Å²) in [5, 5.41) is 6.08. The first kappa shape index (κ1) is 58.2. The van der Waals surface area contributed by atoms with Gasteiger partial charge in [0.15, 0.2) is 0 Å². The molecule has 2 atom stereocenters. The number of fused-ring (bicyclic) bond motifs is 24. The van der Waals surface area contributed by atoms with Gasteiger partial charge in [0.1, 0.15) is 0 Å². The first-order valence-corrected chi connectivity index (χ1v) is 33.8. The fourth-order valence-corrected chi connectivity index (χ4v) is 17.1. The van der Waals surface area contributed by atoms with Crippen molar-refractivity contribution in [2.75, 3.05) is 0 Å². The molecule has 2 unspecified atom stereocenters. The van der Waals surface area contributed by atoms with Crippen LogP contribution in [0, 0.1) is 0 Å². The molecule has 0 saturated carbocycles. The van der Waals surface area contributed by atoms with E-state index in [1.807, 2.05) is 6.07 Å². The highest BCUT2D eigenvalue weighted by Crippen LogP contribution is 2.64. The predicted molar refractivity (Wildman–Crippen MR) is 382 cm³/mol. The van der Waals surface area contributed by atoms with Crippen LogP contribution in [-0.2, 0) is 29.4 Å². The van der Waals surface area contributed by atoms with Crippen LogP contribution in [0.25, 0.3) is 77.2 Å². The van der Waals surface area contributed by atoms with Crippen molar-refractivity contribution in [1.29, 1.82) is 0 Å². The molecule has 2 spiro atoms. The van der Waals surface area contributed by atoms with E-state index < -0.39 is 47.5 Å². The van der Waals surface area contributed by atoms with Crippen LogP contribution >= 0.6 is 23.2 Å². The zero-order valence-corrected chi connectivity index (χ0v) is 56.0. The number of rotatable bonds is 6. The van der Waals surface area contributed by atoms with Gasteiger partial charge in [0, 0.05) is 31.6 Å². The van der Waals surface area contributed by atoms with Gasteiger partial charge in [-0.1, -0.05) is 196 Å². The van der Waals surface area contributed by atoms with Gasteiger partial charge in [0.2, 0.25) is 0 Å². The van der Waals surface area contributed by atoms with E-state index in [4.69, 9.17) is 41.8 Å². The number of hydrogen-bond acceptors (Lipinski definition) is 4. The van der Waals surface area contributed by atoms with Gasteiger partial charge in [-0.05, 0) is 217 Å². The number of nitrogens with zero attached hydrogens (tertiary/aromatic N) is 2. The maximum atomic E-state index is 6.98. The normalized spacial score (nSPS) is 18.6. The second-order valence-corrected chi connectivity index (χ2v) is 29.8. The smallest absolute Gasteiger partial charge is 0.399 e. The molecular weight excluding hydrogens is 1170 g/mol. The molecule has 6 heterocycles. The van der Waals surface area contributed by atoms with E-state index in [0.717, 1.165) is 61.0 Å². The minimum Gasteiger partial charge on any atom is -0.399 e. The Kier molecular flexibility index (Phi) is 12.6. The lowest BCUT2D eigenvalue weighted by Crippen LogP contribution is -2.41. The largest absolute Gasteiger partial charge is 0.494 e. The van der Waals surface area contributed by atoms with Crippen LogP contribution in [0.15, 0.2) is 194 Å². The molecule has 2 aliphatic carbocycles. The van der Waals surface area contributed by atoms with Crippen LogP contribution in [0.3, 0.4) is 0 Å². The Hall–Kier alpha value is -7.65. The van der Waals surface area contributed by atoms with Crippen molar-refractivity contribution >= 4 is 92.0 Å². The second-order valence-electron chi connectivity index (χ2n) is 29.0. The molecule has 6 aliphatic rings. The number of aromatic nitrogens is 2. The topological polar surface area (TPSA) is 46.8 Å². The van der Waals surface area contributed by atoms with Gasteiger partial charge in [-0.15, -0.1) is 0 Å². The van der Waals surface area contributed by atoms with Crippen LogP contribution in [0.4, 0.5) is 0 Å². The Labute approximate surface area is 550 Å². The summed E-state index contributed by atoms with van der Waals surface area (Å²) < 4.78 is 31.9. The Morgan fingerprint density at radius 2 is 0.728 bits per heavy atom. The van der Waals surface area contributed by atoms with Crippen LogP contribution in [0.1, 0.15) is 163 Å². The highest BCUT2D eigenvalue weighted by atomic mass is 35.5. The maximum absolute atomic E-state index is 6.98. The third-order valence-electron chi connectivity index (χ3n) is 23.2. The lowest BCUT2D eigenvalue weighted by atomic mass is 9.63. The third kappa shape index (κ3) is 7.68. The van der Waals surface area contributed by atoms with E-state index in [0.29, 0.717) is 11.8 Å². The zero-order chi connectivity index (χ0) is 63.5. The highest BCUT2D eigenvalue weighted by molar-refractivity contribution is 6.63. The van der Waals surface area contributed by atoms with Crippen molar-refractivity contribution in [2.45, 2.75) is 141 Å². The van der Waals surface area contributed by atoms with Gasteiger partial charge < -0.3 is 27.8 Å². The maximum Gasteiger partial charge on any atom is 0.494 e. The van der Waals surface area contributed by atoms with Gasteiger partial charge in [-0.2, -0.15) is 0 Å². The Morgan fingerprint density at radius 1 is 0.359 bits per heavy atom. The summed E-state index contributed by atoms with van der Waals surface area (Å²) in [6.45, 7) is 26.2. The van der Waals surface area contributed by atoms with Crippen molar-refractivity contribution < 1.29 is 18.6 Å². The summed E-state index contributed by atoms with van der Waals surface area (Å²) in [4.78, 5) is 0. The van der Waals surface area contributed by atoms with Gasteiger partial charge in [0.25, 0.3) is 0 Å². The summed E-state index contributed by atoms with van der Waals surface area (Å²) in [5.41, 5.74) is 24.6. The molecule has 10 heteroatoms. The molecule has 18 rings (SSSR count). The van der Waals surface area contributed by atoms with E-state index in [1.54, 1.807) is 0 Å². The highest BCUT2D eigenvalue weighted by Gasteiger charge is 2.57. The van der Waals surface area contributed by atoms with Crippen LogP contribution in [0.5, 0.6) is 0 Å². The quantitative estimate of drug-likeness (QED) is 0.156. The average Bonchev–Trinajstić information content (AvgIpc) is 1.47. The van der Waals surface area contributed by atoms with Crippen molar-refractivity contribution in [2.24, 2.45) is 0 Å². The molecule has 456 valence electrons. The van der Waals surface area contributed by atoms with Gasteiger partial charge in [-0.25, -0.2) is 0 Å². The molecule has 6 nitrogen and oxygen atoms in total. The van der Waals surface area contributed by atoms with Crippen molar-refractivity contribution in [3.05, 3.63) is 260 Å². The number of halogens is 2. The monoisotopic (exact) mass is 1240 g/mol. The fraction of sp³-hybridized carbons (Fsp3) is 0.268. The SMILES string of the molecule is CCC(C)c1ccc2c(c1)C1(c3ccccc3-c3ccccc31)c1cc(B3OC(C)(C)C(C)(C)O3)cc3c4cc(B5OC(C)(C)C(C)(C)O5)ccc4n-2c13.CCC(C)c1ccc2c(c1)C1(c3ccccc3-c3ccccc31)c1cc(Cl)cc3c4cc(Cl)ccc4n-2c13.